The Labute approximate surface area is 111 Å². The van der Waals surface area contributed by atoms with Crippen LogP contribution in [-0.2, 0) is 17.6 Å². The molecule has 0 saturated heterocycles. The van der Waals surface area contributed by atoms with E-state index in [0.29, 0.717) is 6.61 Å². The topological polar surface area (TPSA) is 29.5 Å². The molecule has 2 heteroatoms. The Kier molecular flexibility index (Phi) is 6.37. The summed E-state index contributed by atoms with van der Waals surface area (Å²) in [4.78, 5) is 0. The van der Waals surface area contributed by atoms with E-state index < -0.39 is 0 Å². The highest BCUT2D eigenvalue weighted by Crippen LogP contribution is 2.18. The number of hydrogen-bond acceptors (Lipinski definition) is 2. The third kappa shape index (κ3) is 5.65. The smallest absolute Gasteiger partial charge is 0.0704 e. The molecule has 0 unspecified atom stereocenters. The number of ether oxygens (including phenoxy) is 1. The molecule has 0 fully saturated rings. The molecule has 0 saturated carbocycles. The number of aliphatic hydroxyl groups is 1. The molecule has 0 aliphatic heterocycles. The first kappa shape index (κ1) is 15.2. The minimum atomic E-state index is -0.134. The molecule has 1 rings (SSSR count). The Morgan fingerprint density at radius 3 is 2.61 bits per heavy atom. The Balaban J connectivity index is 2.36. The Morgan fingerprint density at radius 1 is 1.22 bits per heavy atom. The van der Waals surface area contributed by atoms with E-state index in [2.05, 4.69) is 45.0 Å². The third-order valence-corrected chi connectivity index (χ3v) is 3.23. The van der Waals surface area contributed by atoms with Crippen molar-refractivity contribution in [2.24, 2.45) is 0 Å². The van der Waals surface area contributed by atoms with Crippen molar-refractivity contribution in [3.8, 4) is 0 Å². The van der Waals surface area contributed by atoms with Crippen molar-refractivity contribution < 1.29 is 9.84 Å². The monoisotopic (exact) mass is 250 g/mol. The maximum absolute atomic E-state index is 8.77. The lowest BCUT2D eigenvalue weighted by Gasteiger charge is -2.25. The lowest BCUT2D eigenvalue weighted by Crippen LogP contribution is -2.26. The number of aryl methyl sites for hydroxylation is 2. The summed E-state index contributed by atoms with van der Waals surface area (Å²) < 4.78 is 5.61. The standard InChI is InChI=1S/C16H26O2/c1-4-14-7-5-8-15(13-14)9-6-10-16(2,3)18-12-11-17/h5,7-8,13,17H,4,6,9-12H2,1-3H3. The van der Waals surface area contributed by atoms with Crippen LogP contribution in [0.4, 0.5) is 0 Å². The van der Waals surface area contributed by atoms with Crippen molar-refractivity contribution in [2.45, 2.75) is 52.1 Å². The van der Waals surface area contributed by atoms with Gasteiger partial charge >= 0.3 is 0 Å². The van der Waals surface area contributed by atoms with Crippen LogP contribution in [0.5, 0.6) is 0 Å². The van der Waals surface area contributed by atoms with Gasteiger partial charge in [0.1, 0.15) is 0 Å². The van der Waals surface area contributed by atoms with Crippen molar-refractivity contribution in [2.75, 3.05) is 13.2 Å². The Morgan fingerprint density at radius 2 is 1.94 bits per heavy atom. The fourth-order valence-electron chi connectivity index (χ4n) is 2.12. The van der Waals surface area contributed by atoms with Crippen LogP contribution in [0.1, 0.15) is 44.7 Å². The zero-order valence-corrected chi connectivity index (χ0v) is 11.9. The van der Waals surface area contributed by atoms with Gasteiger partial charge in [-0.3, -0.25) is 0 Å². The van der Waals surface area contributed by atoms with Crippen LogP contribution in [-0.4, -0.2) is 23.9 Å². The number of benzene rings is 1. The van der Waals surface area contributed by atoms with Gasteiger partial charge in [-0.25, -0.2) is 0 Å². The van der Waals surface area contributed by atoms with Crippen LogP contribution in [0.25, 0.3) is 0 Å². The molecule has 0 aliphatic rings. The molecule has 0 atom stereocenters. The summed E-state index contributed by atoms with van der Waals surface area (Å²) in [5.41, 5.74) is 2.68. The first-order valence-electron chi connectivity index (χ1n) is 6.90. The van der Waals surface area contributed by atoms with Crippen LogP contribution in [0.2, 0.25) is 0 Å². The second kappa shape index (κ2) is 7.55. The van der Waals surface area contributed by atoms with E-state index in [-0.39, 0.29) is 12.2 Å². The highest BCUT2D eigenvalue weighted by Gasteiger charge is 2.17. The Bertz CT molecular complexity index is 345. The summed E-state index contributed by atoms with van der Waals surface area (Å²) in [6, 6.07) is 8.81. The van der Waals surface area contributed by atoms with Gasteiger partial charge in [0.15, 0.2) is 0 Å². The van der Waals surface area contributed by atoms with Gasteiger partial charge in [-0.05, 0) is 50.7 Å². The van der Waals surface area contributed by atoms with Crippen molar-refractivity contribution >= 4 is 0 Å². The second-order valence-electron chi connectivity index (χ2n) is 5.36. The first-order chi connectivity index (χ1) is 8.57. The van der Waals surface area contributed by atoms with Crippen molar-refractivity contribution in [1.82, 2.24) is 0 Å². The van der Waals surface area contributed by atoms with E-state index in [0.717, 1.165) is 25.7 Å². The predicted molar refractivity (Wildman–Crippen MR) is 75.9 cm³/mol. The molecule has 0 amide bonds. The Hall–Kier alpha value is -0.860. The lowest BCUT2D eigenvalue weighted by molar-refractivity contribution is -0.0390. The van der Waals surface area contributed by atoms with Crippen molar-refractivity contribution in [3.63, 3.8) is 0 Å². The molecule has 0 aromatic heterocycles. The minimum Gasteiger partial charge on any atom is -0.394 e. The average Bonchev–Trinajstić information content (AvgIpc) is 2.36. The first-order valence-corrected chi connectivity index (χ1v) is 6.90. The van der Waals surface area contributed by atoms with Gasteiger partial charge in [0.05, 0.1) is 18.8 Å². The molecule has 1 aromatic rings. The second-order valence-corrected chi connectivity index (χ2v) is 5.36. The molecule has 0 radical (unpaired) electrons. The van der Waals surface area contributed by atoms with Gasteiger partial charge in [0.25, 0.3) is 0 Å². The maximum atomic E-state index is 8.77. The van der Waals surface area contributed by atoms with E-state index >= 15 is 0 Å². The molecule has 0 heterocycles. The van der Waals surface area contributed by atoms with Crippen molar-refractivity contribution in [3.05, 3.63) is 35.4 Å². The van der Waals surface area contributed by atoms with Crippen LogP contribution in [0.15, 0.2) is 24.3 Å². The molecule has 102 valence electrons. The summed E-state index contributed by atoms with van der Waals surface area (Å²) >= 11 is 0. The largest absolute Gasteiger partial charge is 0.394 e. The summed E-state index contributed by atoms with van der Waals surface area (Å²) in [7, 11) is 0. The third-order valence-electron chi connectivity index (χ3n) is 3.23. The molecular weight excluding hydrogens is 224 g/mol. The zero-order valence-electron chi connectivity index (χ0n) is 11.9. The highest BCUT2D eigenvalue weighted by molar-refractivity contribution is 5.23. The molecule has 2 nitrogen and oxygen atoms in total. The number of aliphatic hydroxyl groups excluding tert-OH is 1. The number of rotatable bonds is 8. The number of hydrogen-bond donors (Lipinski definition) is 1. The van der Waals surface area contributed by atoms with E-state index in [1.807, 2.05) is 0 Å². The summed E-state index contributed by atoms with van der Waals surface area (Å²) in [5.74, 6) is 0. The van der Waals surface area contributed by atoms with E-state index in [1.165, 1.54) is 11.1 Å². The minimum absolute atomic E-state index is 0.0992. The highest BCUT2D eigenvalue weighted by atomic mass is 16.5. The predicted octanol–water partition coefficient (Wildman–Crippen LogP) is 3.36. The molecule has 0 bridgehead atoms. The zero-order chi connectivity index (χ0) is 13.4. The quantitative estimate of drug-likeness (QED) is 0.766. The van der Waals surface area contributed by atoms with Crippen LogP contribution in [0.3, 0.4) is 0 Å². The summed E-state index contributed by atoms with van der Waals surface area (Å²) in [5, 5.41) is 8.77. The average molecular weight is 250 g/mol. The molecule has 18 heavy (non-hydrogen) atoms. The van der Waals surface area contributed by atoms with Gasteiger partial charge in [0, 0.05) is 0 Å². The van der Waals surface area contributed by atoms with Gasteiger partial charge in [-0.2, -0.15) is 0 Å². The van der Waals surface area contributed by atoms with Gasteiger partial charge < -0.3 is 9.84 Å². The van der Waals surface area contributed by atoms with Gasteiger partial charge in [-0.15, -0.1) is 0 Å². The van der Waals surface area contributed by atoms with Crippen LogP contribution < -0.4 is 0 Å². The summed E-state index contributed by atoms with van der Waals surface area (Å²) in [6.45, 7) is 6.89. The lowest BCUT2D eigenvalue weighted by atomic mass is 9.97. The van der Waals surface area contributed by atoms with Crippen LogP contribution in [0, 0.1) is 0 Å². The molecule has 0 aliphatic carbocycles. The van der Waals surface area contributed by atoms with E-state index in [1.54, 1.807) is 0 Å². The van der Waals surface area contributed by atoms with Crippen molar-refractivity contribution in [1.29, 1.82) is 0 Å². The molecular formula is C16H26O2. The SMILES string of the molecule is CCc1cccc(CCCC(C)(C)OCCO)c1. The maximum Gasteiger partial charge on any atom is 0.0704 e. The van der Waals surface area contributed by atoms with Gasteiger partial charge in [-0.1, -0.05) is 31.2 Å². The normalized spacial score (nSPS) is 11.8. The fraction of sp³-hybridized carbons (Fsp3) is 0.625. The molecule has 1 N–H and O–H groups in total. The molecule has 0 spiro atoms. The van der Waals surface area contributed by atoms with Crippen LogP contribution >= 0.6 is 0 Å². The summed E-state index contributed by atoms with van der Waals surface area (Å²) in [6.07, 6.45) is 4.33. The van der Waals surface area contributed by atoms with Gasteiger partial charge in [0.2, 0.25) is 0 Å². The fourth-order valence-corrected chi connectivity index (χ4v) is 2.12. The van der Waals surface area contributed by atoms with E-state index in [4.69, 9.17) is 9.84 Å². The molecule has 1 aromatic carbocycles. The van der Waals surface area contributed by atoms with E-state index in [9.17, 15) is 0 Å².